The van der Waals surface area contributed by atoms with E-state index in [-0.39, 0.29) is 30.9 Å². The maximum atomic E-state index is 14.7. The molecular formula is C30H29F2N5O5S. The monoisotopic (exact) mass is 609 g/mol. The van der Waals surface area contributed by atoms with Crippen LogP contribution in [0.25, 0.3) is 22.3 Å². The highest BCUT2D eigenvalue weighted by Crippen LogP contribution is 2.35. The van der Waals surface area contributed by atoms with Gasteiger partial charge in [-0.25, -0.2) is 27.2 Å². The largest absolute Gasteiger partial charge is 0.489 e. The van der Waals surface area contributed by atoms with Crippen LogP contribution in [0.15, 0.2) is 59.6 Å². The summed E-state index contributed by atoms with van der Waals surface area (Å²) in [5.74, 6) is -1.55. The Hall–Kier alpha value is -4.23. The molecule has 0 spiro atoms. The molecule has 1 amide bonds. The Bertz CT molecular complexity index is 1810. The fourth-order valence-electron chi connectivity index (χ4n) is 5.27. The van der Waals surface area contributed by atoms with Crippen LogP contribution < -0.4 is 15.0 Å². The molecule has 4 aromatic rings. The summed E-state index contributed by atoms with van der Waals surface area (Å²) in [4.78, 5) is 28.4. The molecule has 3 atom stereocenters. The second-order valence-corrected chi connectivity index (χ2v) is 12.7. The zero-order valence-corrected chi connectivity index (χ0v) is 24.3. The molecule has 1 fully saturated rings. The van der Waals surface area contributed by atoms with E-state index in [1.165, 1.54) is 0 Å². The Labute approximate surface area is 247 Å². The first-order chi connectivity index (χ1) is 20.6. The molecule has 5 heterocycles. The van der Waals surface area contributed by atoms with Gasteiger partial charge in [0.1, 0.15) is 10.7 Å². The Balaban J connectivity index is 1.21. The van der Waals surface area contributed by atoms with E-state index < -0.39 is 44.1 Å². The van der Waals surface area contributed by atoms with Crippen LogP contribution in [0.1, 0.15) is 36.3 Å². The maximum absolute atomic E-state index is 14.7. The number of hydrogen-bond donors (Lipinski definition) is 1. The number of nitrogens with one attached hydrogen (secondary N) is 1. The van der Waals surface area contributed by atoms with Crippen molar-refractivity contribution in [1.82, 2.24) is 20.3 Å². The molecule has 0 bridgehead atoms. The number of carbonyl (C=O) groups excluding carboxylic acids is 1. The maximum Gasteiger partial charge on any atom is 0.251 e. The number of halogens is 2. The quantitative estimate of drug-likeness (QED) is 0.354. The number of rotatable bonds is 5. The van der Waals surface area contributed by atoms with Gasteiger partial charge in [0.15, 0.2) is 11.6 Å². The summed E-state index contributed by atoms with van der Waals surface area (Å²) < 4.78 is 64.9. The summed E-state index contributed by atoms with van der Waals surface area (Å²) in [7, 11) is -4.51. The van der Waals surface area contributed by atoms with Crippen molar-refractivity contribution in [3.63, 3.8) is 0 Å². The van der Waals surface area contributed by atoms with Gasteiger partial charge in [-0.05, 0) is 56.3 Å². The lowest BCUT2D eigenvalue weighted by Crippen LogP contribution is -2.45. The van der Waals surface area contributed by atoms with Gasteiger partial charge in [-0.15, -0.1) is 0 Å². The molecule has 1 saturated heterocycles. The minimum atomic E-state index is -4.51. The van der Waals surface area contributed by atoms with Gasteiger partial charge in [0, 0.05) is 36.7 Å². The first-order valence-corrected chi connectivity index (χ1v) is 15.4. The highest BCUT2D eigenvalue weighted by molar-refractivity contribution is 7.92. The third-order valence-corrected chi connectivity index (χ3v) is 9.13. The van der Waals surface area contributed by atoms with Gasteiger partial charge in [0.05, 0.1) is 48.0 Å². The first-order valence-electron chi connectivity index (χ1n) is 13.8. The first kappa shape index (κ1) is 28.9. The van der Waals surface area contributed by atoms with Gasteiger partial charge < -0.3 is 19.7 Å². The number of morpholine rings is 1. The molecule has 0 unspecified atom stereocenters. The van der Waals surface area contributed by atoms with Gasteiger partial charge in [-0.3, -0.25) is 9.78 Å². The van der Waals surface area contributed by atoms with Crippen molar-refractivity contribution in [3.8, 4) is 17.1 Å². The molecule has 13 heteroatoms. The number of hydrogen-bond acceptors (Lipinski definition) is 9. The molecular weight excluding hydrogens is 580 g/mol. The second-order valence-electron chi connectivity index (χ2n) is 10.7. The predicted molar refractivity (Wildman–Crippen MR) is 155 cm³/mol. The number of alkyl halides is 1. The van der Waals surface area contributed by atoms with Crippen molar-refractivity contribution in [2.24, 2.45) is 0 Å². The molecule has 3 aromatic heterocycles. The topological polar surface area (TPSA) is 124 Å². The molecule has 1 N–H and O–H groups in total. The van der Waals surface area contributed by atoms with Crippen LogP contribution in [0.3, 0.4) is 0 Å². The molecule has 10 nitrogen and oxygen atoms in total. The lowest BCUT2D eigenvalue weighted by atomic mass is 10.1. The van der Waals surface area contributed by atoms with E-state index in [1.54, 1.807) is 12.3 Å². The highest BCUT2D eigenvalue weighted by atomic mass is 32.2. The van der Waals surface area contributed by atoms with Crippen molar-refractivity contribution >= 4 is 32.5 Å². The summed E-state index contributed by atoms with van der Waals surface area (Å²) >= 11 is 0. The van der Waals surface area contributed by atoms with Crippen molar-refractivity contribution in [2.75, 3.05) is 24.6 Å². The molecule has 1 aromatic carbocycles. The highest BCUT2D eigenvalue weighted by Gasteiger charge is 2.35. The van der Waals surface area contributed by atoms with Crippen LogP contribution in [-0.2, 0) is 21.1 Å². The Kier molecular flexibility index (Phi) is 7.69. The number of anilines is 1. The van der Waals surface area contributed by atoms with E-state index in [2.05, 4.69) is 15.2 Å². The molecule has 0 aliphatic carbocycles. The average molecular weight is 610 g/mol. The van der Waals surface area contributed by atoms with E-state index in [0.29, 0.717) is 22.6 Å². The standard InChI is InChI=1S/C30H29F2N5O5S/c1-17-15-37(16-18(2)42-17)28-5-3-4-23(36-28)24-7-6-19-13-33-21(12-25(19)35-24)14-34-30(38)20-10-22(31)29-26(11-20)43(39,40)27(32)8-9-41-29/h3-7,10-13,17-18,27H,8-9,14-16H2,1-2H3,(H,34,38)/t17-,18+,27-/m1/s1. The summed E-state index contributed by atoms with van der Waals surface area (Å²) in [6, 6.07) is 13.1. The molecule has 43 heavy (non-hydrogen) atoms. The van der Waals surface area contributed by atoms with E-state index in [9.17, 15) is 22.0 Å². The Morgan fingerprint density at radius 2 is 1.84 bits per heavy atom. The van der Waals surface area contributed by atoms with Crippen LogP contribution in [0.5, 0.6) is 5.75 Å². The number of sulfone groups is 1. The molecule has 0 radical (unpaired) electrons. The Morgan fingerprint density at radius 3 is 2.63 bits per heavy atom. The molecule has 2 aliphatic heterocycles. The van der Waals surface area contributed by atoms with E-state index >= 15 is 0 Å². The lowest BCUT2D eigenvalue weighted by Gasteiger charge is -2.36. The summed E-state index contributed by atoms with van der Waals surface area (Å²) in [6.45, 7) is 5.22. The molecule has 0 saturated carbocycles. The van der Waals surface area contributed by atoms with Crippen LogP contribution in [-0.4, -0.2) is 66.7 Å². The molecule has 224 valence electrons. The summed E-state index contributed by atoms with van der Waals surface area (Å²) in [5.41, 5.74) is -0.0642. The zero-order valence-electron chi connectivity index (χ0n) is 23.5. The van der Waals surface area contributed by atoms with Crippen LogP contribution in [0.4, 0.5) is 14.6 Å². The van der Waals surface area contributed by atoms with E-state index in [4.69, 9.17) is 19.4 Å². The molecule has 6 rings (SSSR count). The number of nitrogens with zero attached hydrogens (tertiary/aromatic N) is 4. The minimum absolute atomic E-state index is 0.0461. The summed E-state index contributed by atoms with van der Waals surface area (Å²) in [5, 5.41) is 3.39. The van der Waals surface area contributed by atoms with Crippen LogP contribution in [0.2, 0.25) is 0 Å². The smallest absolute Gasteiger partial charge is 0.251 e. The summed E-state index contributed by atoms with van der Waals surface area (Å²) in [6.07, 6.45) is 1.39. The van der Waals surface area contributed by atoms with Crippen molar-refractivity contribution in [3.05, 3.63) is 71.8 Å². The molecule has 2 aliphatic rings. The second kappa shape index (κ2) is 11.5. The number of pyridine rings is 3. The normalized spacial score (nSPS) is 21.5. The van der Waals surface area contributed by atoms with Gasteiger partial charge >= 0.3 is 0 Å². The average Bonchev–Trinajstić information content (AvgIpc) is 3.10. The predicted octanol–water partition coefficient (Wildman–Crippen LogP) is 4.23. The van der Waals surface area contributed by atoms with E-state index in [0.717, 1.165) is 36.4 Å². The fourth-order valence-corrected chi connectivity index (χ4v) is 6.66. The Morgan fingerprint density at radius 1 is 1.07 bits per heavy atom. The zero-order chi connectivity index (χ0) is 30.3. The lowest BCUT2D eigenvalue weighted by molar-refractivity contribution is -0.00545. The van der Waals surface area contributed by atoms with Gasteiger partial charge in [-0.1, -0.05) is 6.07 Å². The number of fused-ring (bicyclic) bond motifs is 2. The third kappa shape index (κ3) is 5.87. The van der Waals surface area contributed by atoms with Crippen molar-refractivity contribution in [2.45, 2.75) is 49.4 Å². The van der Waals surface area contributed by atoms with Crippen LogP contribution in [0, 0.1) is 5.82 Å². The van der Waals surface area contributed by atoms with Crippen molar-refractivity contribution < 1.29 is 31.5 Å². The van der Waals surface area contributed by atoms with Gasteiger partial charge in [0.25, 0.3) is 5.91 Å². The number of aromatic nitrogens is 3. The fraction of sp³-hybridized carbons (Fsp3) is 0.333. The van der Waals surface area contributed by atoms with Gasteiger partial charge in [-0.2, -0.15) is 0 Å². The number of benzene rings is 1. The van der Waals surface area contributed by atoms with Crippen LogP contribution >= 0.6 is 0 Å². The van der Waals surface area contributed by atoms with E-state index in [1.807, 2.05) is 44.2 Å². The minimum Gasteiger partial charge on any atom is -0.489 e. The third-order valence-electron chi connectivity index (χ3n) is 7.31. The number of carbonyl (C=O) groups is 1. The number of amides is 1. The van der Waals surface area contributed by atoms with Gasteiger partial charge in [0.2, 0.25) is 15.3 Å². The number of ether oxygens (including phenoxy) is 2. The van der Waals surface area contributed by atoms with Crippen molar-refractivity contribution in [1.29, 1.82) is 0 Å². The SMILES string of the molecule is C[C@@H]1CN(c2cccc(-c3ccc4cnc(CNC(=O)c5cc(F)c6c(c5)S(=O)(=O)[C@@H](F)CCO6)cc4n3)n2)C[C@H](C)O1.